The van der Waals surface area contributed by atoms with Crippen molar-refractivity contribution in [2.24, 2.45) is 0 Å². The van der Waals surface area contributed by atoms with Crippen LogP contribution < -0.4 is 5.32 Å². The Morgan fingerprint density at radius 2 is 0.629 bits per heavy atom. The lowest BCUT2D eigenvalue weighted by Crippen LogP contribution is -2.45. The minimum atomic E-state index is -0.869. The Bertz CT molecular complexity index is 943. The number of allylic oxidation sites excluding steroid dienone is 5. The zero-order valence-corrected chi connectivity index (χ0v) is 42.2. The molecule has 2 unspecified atom stereocenters. The van der Waals surface area contributed by atoms with Gasteiger partial charge in [0.2, 0.25) is 5.91 Å². The van der Waals surface area contributed by atoms with Gasteiger partial charge in [0.15, 0.2) is 0 Å². The van der Waals surface area contributed by atoms with Crippen LogP contribution in [0.1, 0.15) is 309 Å². The van der Waals surface area contributed by atoms with Gasteiger partial charge < -0.3 is 15.5 Å². The van der Waals surface area contributed by atoms with Crippen molar-refractivity contribution in [2.75, 3.05) is 6.61 Å². The summed E-state index contributed by atoms with van der Waals surface area (Å²) in [6, 6.07) is -0.643. The van der Waals surface area contributed by atoms with Crippen molar-refractivity contribution in [3.63, 3.8) is 0 Å². The lowest BCUT2D eigenvalue weighted by atomic mass is 10.0. The molecule has 0 fully saturated rings. The average Bonchev–Trinajstić information content (AvgIpc) is 3.28. The van der Waals surface area contributed by atoms with Crippen LogP contribution in [0.3, 0.4) is 0 Å². The second-order valence-electron chi connectivity index (χ2n) is 19.3. The lowest BCUT2D eigenvalue weighted by molar-refractivity contribution is -0.123. The molecule has 0 aliphatic rings. The molecular formula is C58H111NO3. The highest BCUT2D eigenvalue weighted by molar-refractivity contribution is 5.76. The molecule has 0 aromatic carbocycles. The molecule has 0 saturated heterocycles. The second kappa shape index (κ2) is 53.9. The number of aliphatic hydroxyl groups is 2. The maximum atomic E-state index is 12.4. The third kappa shape index (κ3) is 49.6. The van der Waals surface area contributed by atoms with Crippen LogP contribution in [0.5, 0.6) is 0 Å². The average molecular weight is 871 g/mol. The van der Waals surface area contributed by atoms with Gasteiger partial charge in [-0.05, 0) is 44.9 Å². The molecule has 0 spiro atoms. The molecule has 4 heteroatoms. The maximum Gasteiger partial charge on any atom is 0.220 e. The quantitative estimate of drug-likeness (QED) is 0.0421. The molecule has 0 aliphatic carbocycles. The molecule has 0 bridgehead atoms. The third-order valence-corrected chi connectivity index (χ3v) is 13.1. The fraction of sp³-hybridized carbons (Fsp3) is 0.879. The standard InChI is InChI=1S/C58H111NO3/c1-3-5-7-9-11-13-15-17-19-21-23-24-25-26-27-28-29-30-31-32-33-34-35-36-37-39-41-43-45-47-49-51-53-57(61)56(55-60)59-58(62)54-52-50-48-46-44-42-40-38-22-20-18-16-14-12-10-8-6-4-2/h36-37,43,45,51,53,56-57,60-61H,3-35,38-42,44,46-50,52,54-55H2,1-2H3,(H,59,62)/b37-36+,45-43+,53-51+. The lowest BCUT2D eigenvalue weighted by Gasteiger charge is -2.19. The first-order valence-electron chi connectivity index (χ1n) is 28.2. The van der Waals surface area contributed by atoms with E-state index in [1.165, 1.54) is 250 Å². The number of carbonyl (C=O) groups is 1. The van der Waals surface area contributed by atoms with Crippen molar-refractivity contribution < 1.29 is 15.0 Å². The molecule has 2 atom stereocenters. The molecule has 0 saturated carbocycles. The first kappa shape index (κ1) is 60.6. The molecule has 0 rings (SSSR count). The smallest absolute Gasteiger partial charge is 0.220 e. The van der Waals surface area contributed by atoms with E-state index in [9.17, 15) is 15.0 Å². The summed E-state index contributed by atoms with van der Waals surface area (Å²) in [6.07, 6.45) is 73.2. The zero-order chi connectivity index (χ0) is 44.9. The number of unbranched alkanes of at least 4 members (excludes halogenated alkanes) is 41. The number of hydrogen-bond acceptors (Lipinski definition) is 3. The Morgan fingerprint density at radius 3 is 0.935 bits per heavy atom. The Kier molecular flexibility index (Phi) is 52.7. The van der Waals surface area contributed by atoms with E-state index >= 15 is 0 Å². The number of carbonyl (C=O) groups excluding carboxylic acids is 1. The summed E-state index contributed by atoms with van der Waals surface area (Å²) in [6.45, 7) is 4.33. The van der Waals surface area contributed by atoms with Gasteiger partial charge in [0, 0.05) is 6.42 Å². The van der Waals surface area contributed by atoms with E-state index in [-0.39, 0.29) is 12.5 Å². The number of hydrogen-bond donors (Lipinski definition) is 3. The van der Waals surface area contributed by atoms with Crippen LogP contribution in [0.25, 0.3) is 0 Å². The molecule has 0 aromatic rings. The minimum absolute atomic E-state index is 0.0731. The van der Waals surface area contributed by atoms with Gasteiger partial charge in [-0.15, -0.1) is 0 Å². The highest BCUT2D eigenvalue weighted by Crippen LogP contribution is 2.17. The fourth-order valence-electron chi connectivity index (χ4n) is 8.80. The summed E-state index contributed by atoms with van der Waals surface area (Å²) in [5, 5.41) is 23.1. The molecule has 366 valence electrons. The van der Waals surface area contributed by atoms with Crippen LogP contribution in [-0.4, -0.2) is 34.9 Å². The van der Waals surface area contributed by atoms with Gasteiger partial charge in [-0.2, -0.15) is 0 Å². The van der Waals surface area contributed by atoms with Crippen molar-refractivity contribution >= 4 is 5.91 Å². The van der Waals surface area contributed by atoms with E-state index in [0.29, 0.717) is 6.42 Å². The largest absolute Gasteiger partial charge is 0.394 e. The molecule has 1 amide bonds. The number of amides is 1. The van der Waals surface area contributed by atoms with Crippen molar-refractivity contribution in [2.45, 2.75) is 321 Å². The zero-order valence-electron chi connectivity index (χ0n) is 42.2. The monoisotopic (exact) mass is 870 g/mol. The fourth-order valence-corrected chi connectivity index (χ4v) is 8.80. The van der Waals surface area contributed by atoms with E-state index in [1.807, 2.05) is 6.08 Å². The van der Waals surface area contributed by atoms with Crippen LogP contribution in [-0.2, 0) is 4.79 Å². The summed E-state index contributed by atoms with van der Waals surface area (Å²) in [5.74, 6) is -0.0731. The van der Waals surface area contributed by atoms with Gasteiger partial charge in [0.25, 0.3) is 0 Å². The maximum absolute atomic E-state index is 12.4. The van der Waals surface area contributed by atoms with E-state index in [4.69, 9.17) is 0 Å². The number of nitrogens with one attached hydrogen (secondary N) is 1. The van der Waals surface area contributed by atoms with E-state index < -0.39 is 12.1 Å². The molecule has 0 aromatic heterocycles. The topological polar surface area (TPSA) is 69.6 Å². The van der Waals surface area contributed by atoms with E-state index in [2.05, 4.69) is 43.5 Å². The second-order valence-corrected chi connectivity index (χ2v) is 19.3. The van der Waals surface area contributed by atoms with E-state index in [0.717, 1.165) is 38.5 Å². The van der Waals surface area contributed by atoms with Crippen LogP contribution in [0, 0.1) is 0 Å². The van der Waals surface area contributed by atoms with Crippen LogP contribution in [0.15, 0.2) is 36.5 Å². The first-order valence-corrected chi connectivity index (χ1v) is 28.2. The van der Waals surface area contributed by atoms with Crippen LogP contribution in [0.4, 0.5) is 0 Å². The van der Waals surface area contributed by atoms with Gasteiger partial charge in [-0.25, -0.2) is 0 Å². The minimum Gasteiger partial charge on any atom is -0.394 e. The molecule has 3 N–H and O–H groups in total. The molecule has 0 radical (unpaired) electrons. The Morgan fingerprint density at radius 1 is 0.371 bits per heavy atom. The normalized spacial score (nSPS) is 13.0. The highest BCUT2D eigenvalue weighted by atomic mass is 16.3. The van der Waals surface area contributed by atoms with E-state index in [1.54, 1.807) is 6.08 Å². The summed E-state index contributed by atoms with van der Waals surface area (Å²) >= 11 is 0. The first-order chi connectivity index (χ1) is 30.7. The van der Waals surface area contributed by atoms with Crippen molar-refractivity contribution in [3.8, 4) is 0 Å². The Labute approximate surface area is 389 Å². The Hall–Kier alpha value is -1.39. The van der Waals surface area contributed by atoms with Gasteiger partial charge in [-0.1, -0.05) is 294 Å². The summed E-state index contributed by atoms with van der Waals surface area (Å²) in [4.78, 5) is 12.4. The Balaban J connectivity index is 3.52. The predicted octanol–water partition coefficient (Wildman–Crippen LogP) is 18.5. The van der Waals surface area contributed by atoms with Gasteiger partial charge in [-0.3, -0.25) is 4.79 Å². The van der Waals surface area contributed by atoms with Crippen molar-refractivity contribution in [1.29, 1.82) is 0 Å². The van der Waals surface area contributed by atoms with Crippen molar-refractivity contribution in [3.05, 3.63) is 36.5 Å². The molecule has 4 nitrogen and oxygen atoms in total. The summed E-state index contributed by atoms with van der Waals surface area (Å²) < 4.78 is 0. The van der Waals surface area contributed by atoms with Crippen LogP contribution >= 0.6 is 0 Å². The third-order valence-electron chi connectivity index (χ3n) is 13.1. The molecule has 62 heavy (non-hydrogen) atoms. The van der Waals surface area contributed by atoms with Gasteiger partial charge >= 0.3 is 0 Å². The molecular weight excluding hydrogens is 759 g/mol. The SMILES string of the molecule is CCCCCCCCCCCCCCCCCCCCCCCC/C=C/CC/C=C/CC/C=C/C(O)C(CO)NC(=O)CCCCCCCCCCCCCCCCCCCC. The molecule has 0 aliphatic heterocycles. The number of aliphatic hydroxyl groups excluding tert-OH is 2. The van der Waals surface area contributed by atoms with Crippen molar-refractivity contribution in [1.82, 2.24) is 5.32 Å². The van der Waals surface area contributed by atoms with Gasteiger partial charge in [0.1, 0.15) is 0 Å². The predicted molar refractivity (Wildman–Crippen MR) is 276 cm³/mol. The molecule has 0 heterocycles. The number of rotatable bonds is 52. The summed E-state index contributed by atoms with van der Waals surface area (Å²) in [5.41, 5.74) is 0. The van der Waals surface area contributed by atoms with Gasteiger partial charge in [0.05, 0.1) is 18.8 Å². The highest BCUT2D eigenvalue weighted by Gasteiger charge is 2.18. The summed E-state index contributed by atoms with van der Waals surface area (Å²) in [7, 11) is 0. The van der Waals surface area contributed by atoms with Crippen LogP contribution in [0.2, 0.25) is 0 Å².